The van der Waals surface area contributed by atoms with Gasteiger partial charge in [0.1, 0.15) is 5.75 Å². The third-order valence-corrected chi connectivity index (χ3v) is 5.57. The van der Waals surface area contributed by atoms with Crippen LogP contribution in [0, 0.1) is 6.92 Å². The highest BCUT2D eigenvalue weighted by Gasteiger charge is 2.17. The Hall–Kier alpha value is -3.06. The second-order valence-corrected chi connectivity index (χ2v) is 7.68. The molecule has 0 saturated carbocycles. The van der Waals surface area contributed by atoms with Crippen molar-refractivity contribution >= 4 is 21.4 Å². The fourth-order valence-electron chi connectivity index (χ4n) is 2.62. The van der Waals surface area contributed by atoms with Gasteiger partial charge in [0, 0.05) is 30.3 Å². The molecule has 0 unspecified atom stereocenters. The van der Waals surface area contributed by atoms with E-state index in [0.717, 1.165) is 11.3 Å². The monoisotopic (exact) mass is 383 g/mol. The zero-order valence-corrected chi connectivity index (χ0v) is 16.0. The largest absolute Gasteiger partial charge is 0.497 e. The van der Waals surface area contributed by atoms with Gasteiger partial charge in [0.05, 0.1) is 12.0 Å². The molecule has 6 nitrogen and oxygen atoms in total. The molecule has 0 saturated heterocycles. The third kappa shape index (κ3) is 4.77. The van der Waals surface area contributed by atoms with E-state index in [0.29, 0.717) is 23.5 Å². The van der Waals surface area contributed by atoms with E-state index >= 15 is 0 Å². The zero-order chi connectivity index (χ0) is 19.3. The lowest BCUT2D eigenvalue weighted by atomic mass is 10.2. The van der Waals surface area contributed by atoms with Gasteiger partial charge in [-0.3, -0.25) is 9.71 Å². The molecule has 7 heteroatoms. The van der Waals surface area contributed by atoms with Gasteiger partial charge in [-0.05, 0) is 66.6 Å². The van der Waals surface area contributed by atoms with Crippen molar-refractivity contribution in [3.8, 4) is 5.75 Å². The van der Waals surface area contributed by atoms with E-state index in [1.165, 1.54) is 0 Å². The maximum absolute atomic E-state index is 12.6. The Morgan fingerprint density at radius 3 is 2.41 bits per heavy atom. The molecular weight excluding hydrogens is 362 g/mol. The number of nitrogens with zero attached hydrogens (tertiary/aromatic N) is 1. The first kappa shape index (κ1) is 18.7. The van der Waals surface area contributed by atoms with Crippen molar-refractivity contribution < 1.29 is 13.2 Å². The molecule has 0 spiro atoms. The van der Waals surface area contributed by atoms with Crippen molar-refractivity contribution in [2.45, 2.75) is 18.4 Å². The summed E-state index contributed by atoms with van der Waals surface area (Å²) >= 11 is 0. The first-order chi connectivity index (χ1) is 13.0. The number of benzene rings is 2. The summed E-state index contributed by atoms with van der Waals surface area (Å²) in [5, 5.41) is 3.27. The molecule has 0 radical (unpaired) electrons. The summed E-state index contributed by atoms with van der Waals surface area (Å²) in [5.41, 5.74) is 3.08. The van der Waals surface area contributed by atoms with Gasteiger partial charge in [-0.1, -0.05) is 6.07 Å². The number of nitrogens with one attached hydrogen (secondary N) is 2. The first-order valence-electron chi connectivity index (χ1n) is 8.38. The quantitative estimate of drug-likeness (QED) is 0.648. The van der Waals surface area contributed by atoms with Crippen molar-refractivity contribution in [2.24, 2.45) is 0 Å². The summed E-state index contributed by atoms with van der Waals surface area (Å²) in [7, 11) is -2.12. The minimum Gasteiger partial charge on any atom is -0.497 e. The minimum absolute atomic E-state index is 0.224. The van der Waals surface area contributed by atoms with Crippen molar-refractivity contribution in [3.05, 3.63) is 78.1 Å². The van der Waals surface area contributed by atoms with E-state index in [1.54, 1.807) is 56.8 Å². The fraction of sp³-hybridized carbons (Fsp3) is 0.150. The number of aryl methyl sites for hydroxylation is 1. The summed E-state index contributed by atoms with van der Waals surface area (Å²) in [6.07, 6.45) is 3.53. The number of aromatic nitrogens is 1. The number of hydrogen-bond acceptors (Lipinski definition) is 5. The highest BCUT2D eigenvalue weighted by molar-refractivity contribution is 7.92. The molecule has 1 aromatic heterocycles. The summed E-state index contributed by atoms with van der Waals surface area (Å²) < 4.78 is 33.0. The van der Waals surface area contributed by atoms with Gasteiger partial charge >= 0.3 is 0 Å². The number of rotatable bonds is 7. The lowest BCUT2D eigenvalue weighted by Crippen LogP contribution is -2.14. The number of hydrogen-bond donors (Lipinski definition) is 2. The van der Waals surface area contributed by atoms with Gasteiger partial charge in [-0.25, -0.2) is 8.42 Å². The second kappa shape index (κ2) is 8.09. The SMILES string of the molecule is COc1ccc(S(=O)(=O)Nc2ccc(NCc3cccnc3)cc2)c(C)c1. The van der Waals surface area contributed by atoms with E-state index in [9.17, 15) is 8.42 Å². The number of methoxy groups -OCH3 is 1. The molecule has 0 atom stereocenters. The molecule has 0 aliphatic rings. The Bertz CT molecular complexity index is 1000. The van der Waals surface area contributed by atoms with Crippen LogP contribution < -0.4 is 14.8 Å². The molecule has 1 heterocycles. The highest BCUT2D eigenvalue weighted by Crippen LogP contribution is 2.24. The predicted octanol–water partition coefficient (Wildman–Crippen LogP) is 3.81. The topological polar surface area (TPSA) is 80.3 Å². The molecule has 0 aliphatic carbocycles. The van der Waals surface area contributed by atoms with E-state index < -0.39 is 10.0 Å². The molecule has 0 amide bonds. The summed E-state index contributed by atoms with van der Waals surface area (Å²) in [6, 6.07) is 15.8. The van der Waals surface area contributed by atoms with Crippen LogP contribution in [0.2, 0.25) is 0 Å². The van der Waals surface area contributed by atoms with Crippen LogP contribution in [0.4, 0.5) is 11.4 Å². The van der Waals surface area contributed by atoms with Crippen molar-refractivity contribution in [1.82, 2.24) is 4.98 Å². The number of anilines is 2. The van der Waals surface area contributed by atoms with E-state index in [1.807, 2.05) is 24.3 Å². The molecule has 0 fully saturated rings. The molecule has 2 N–H and O–H groups in total. The zero-order valence-electron chi connectivity index (χ0n) is 15.1. The average molecular weight is 383 g/mol. The van der Waals surface area contributed by atoms with Crippen LogP contribution in [0.25, 0.3) is 0 Å². The Balaban J connectivity index is 1.68. The Morgan fingerprint density at radius 2 is 1.78 bits per heavy atom. The van der Waals surface area contributed by atoms with Crippen LogP contribution in [-0.2, 0) is 16.6 Å². The summed E-state index contributed by atoms with van der Waals surface area (Å²) in [4.78, 5) is 4.30. The average Bonchev–Trinajstić information content (AvgIpc) is 2.67. The van der Waals surface area contributed by atoms with Crippen LogP contribution in [0.5, 0.6) is 5.75 Å². The molecule has 140 valence electrons. The van der Waals surface area contributed by atoms with Gasteiger partial charge in [-0.15, -0.1) is 0 Å². The lowest BCUT2D eigenvalue weighted by molar-refractivity contribution is 0.414. The van der Waals surface area contributed by atoms with Crippen LogP contribution in [-0.4, -0.2) is 20.5 Å². The first-order valence-corrected chi connectivity index (χ1v) is 9.86. The minimum atomic E-state index is -3.67. The van der Waals surface area contributed by atoms with Crippen LogP contribution in [0.15, 0.2) is 71.9 Å². The van der Waals surface area contributed by atoms with E-state index in [4.69, 9.17) is 4.74 Å². The predicted molar refractivity (Wildman–Crippen MR) is 107 cm³/mol. The normalized spacial score (nSPS) is 11.0. The molecular formula is C20H21N3O3S. The smallest absolute Gasteiger partial charge is 0.262 e. The van der Waals surface area contributed by atoms with Crippen LogP contribution in [0.1, 0.15) is 11.1 Å². The Morgan fingerprint density at radius 1 is 1.04 bits per heavy atom. The van der Waals surface area contributed by atoms with Gasteiger partial charge in [0.2, 0.25) is 0 Å². The maximum atomic E-state index is 12.6. The van der Waals surface area contributed by atoms with Crippen molar-refractivity contribution in [2.75, 3.05) is 17.1 Å². The molecule has 3 aromatic rings. The maximum Gasteiger partial charge on any atom is 0.262 e. The van der Waals surface area contributed by atoms with Crippen molar-refractivity contribution in [1.29, 1.82) is 0 Å². The van der Waals surface area contributed by atoms with Crippen molar-refractivity contribution in [3.63, 3.8) is 0 Å². The Kier molecular flexibility index (Phi) is 5.61. The summed E-state index contributed by atoms with van der Waals surface area (Å²) in [6.45, 7) is 2.38. The lowest BCUT2D eigenvalue weighted by Gasteiger charge is -2.12. The van der Waals surface area contributed by atoms with Crippen LogP contribution >= 0.6 is 0 Å². The fourth-order valence-corrected chi connectivity index (χ4v) is 3.91. The third-order valence-electron chi connectivity index (χ3n) is 4.03. The molecule has 0 bridgehead atoms. The highest BCUT2D eigenvalue weighted by atomic mass is 32.2. The van der Waals surface area contributed by atoms with Gasteiger partial charge in [0.15, 0.2) is 0 Å². The van der Waals surface area contributed by atoms with E-state index in [2.05, 4.69) is 15.0 Å². The standard InChI is InChI=1S/C20H21N3O3S/c1-15-12-19(26-2)9-10-20(15)27(24,25)23-18-7-5-17(6-8-18)22-14-16-4-3-11-21-13-16/h3-13,22-23H,14H2,1-2H3. The molecule has 3 rings (SSSR count). The number of sulfonamides is 1. The molecule has 2 aromatic carbocycles. The van der Waals surface area contributed by atoms with Gasteiger partial charge < -0.3 is 10.1 Å². The van der Waals surface area contributed by atoms with Gasteiger partial charge in [0.25, 0.3) is 10.0 Å². The Labute approximate surface area is 159 Å². The van der Waals surface area contributed by atoms with Gasteiger partial charge in [-0.2, -0.15) is 0 Å². The van der Waals surface area contributed by atoms with E-state index in [-0.39, 0.29) is 4.90 Å². The molecule has 0 aliphatic heterocycles. The molecule has 27 heavy (non-hydrogen) atoms. The second-order valence-electron chi connectivity index (χ2n) is 6.03. The summed E-state index contributed by atoms with van der Waals surface area (Å²) in [5.74, 6) is 0.621. The number of ether oxygens (including phenoxy) is 1. The number of pyridine rings is 1. The van der Waals surface area contributed by atoms with Crippen LogP contribution in [0.3, 0.4) is 0 Å².